The molecule has 0 atom stereocenters. The first-order valence-corrected chi connectivity index (χ1v) is 18.2. The van der Waals surface area contributed by atoms with Gasteiger partial charge in [-0.05, 0) is 46.5 Å². The van der Waals surface area contributed by atoms with Crippen molar-refractivity contribution in [3.8, 4) is 56.4 Å². The van der Waals surface area contributed by atoms with Crippen LogP contribution in [0, 0.1) is 0 Å². The zero-order valence-corrected chi connectivity index (χ0v) is 28.4. The van der Waals surface area contributed by atoms with Gasteiger partial charge in [-0.15, -0.1) is 22.7 Å². The summed E-state index contributed by atoms with van der Waals surface area (Å²) in [5.41, 5.74) is 7.53. The highest BCUT2D eigenvalue weighted by molar-refractivity contribution is 7.26. The Morgan fingerprint density at radius 1 is 0.300 bits per heavy atom. The van der Waals surface area contributed by atoms with Crippen molar-refractivity contribution in [3.63, 3.8) is 0 Å². The van der Waals surface area contributed by atoms with Crippen LogP contribution in [0.3, 0.4) is 0 Å². The van der Waals surface area contributed by atoms with Crippen LogP contribution < -0.4 is 0 Å². The fraction of sp³-hybridized carbons (Fsp3) is 0. The minimum absolute atomic E-state index is 0.655. The van der Waals surface area contributed by atoms with E-state index in [9.17, 15) is 0 Å². The third kappa shape index (κ3) is 4.90. The molecule has 50 heavy (non-hydrogen) atoms. The van der Waals surface area contributed by atoms with Crippen molar-refractivity contribution < 1.29 is 0 Å². The minimum atomic E-state index is 0.655. The summed E-state index contributed by atoms with van der Waals surface area (Å²) in [4.78, 5) is 15.7. The molecule has 0 aliphatic carbocycles. The molecule has 0 unspecified atom stereocenters. The molecule has 0 aliphatic heterocycles. The molecule has 10 aromatic rings. The highest BCUT2D eigenvalue weighted by Crippen LogP contribution is 2.41. The van der Waals surface area contributed by atoms with Crippen LogP contribution in [0.15, 0.2) is 164 Å². The van der Waals surface area contributed by atoms with Gasteiger partial charge < -0.3 is 0 Å². The van der Waals surface area contributed by atoms with Gasteiger partial charge in [0.15, 0.2) is 17.5 Å². The fourth-order valence-electron chi connectivity index (χ4n) is 6.94. The first-order valence-electron chi connectivity index (χ1n) is 16.6. The van der Waals surface area contributed by atoms with E-state index in [1.807, 2.05) is 6.07 Å². The maximum atomic E-state index is 5.26. The van der Waals surface area contributed by atoms with E-state index in [4.69, 9.17) is 15.0 Å². The van der Waals surface area contributed by atoms with Crippen molar-refractivity contribution in [1.82, 2.24) is 15.0 Å². The largest absolute Gasteiger partial charge is 0.208 e. The van der Waals surface area contributed by atoms with Crippen LogP contribution in [-0.4, -0.2) is 15.0 Å². The molecule has 7 aromatic carbocycles. The van der Waals surface area contributed by atoms with E-state index in [0.29, 0.717) is 17.5 Å². The first-order chi connectivity index (χ1) is 24.8. The summed E-state index contributed by atoms with van der Waals surface area (Å²) in [5.74, 6) is 1.99. The van der Waals surface area contributed by atoms with E-state index in [1.165, 1.54) is 51.5 Å². The van der Waals surface area contributed by atoms with Gasteiger partial charge in [0.1, 0.15) is 0 Å². The number of hydrogen-bond donors (Lipinski definition) is 0. The van der Waals surface area contributed by atoms with Gasteiger partial charge in [-0.1, -0.05) is 140 Å². The summed E-state index contributed by atoms with van der Waals surface area (Å²) >= 11 is 3.60. The lowest BCUT2D eigenvalue weighted by Gasteiger charge is -2.13. The van der Waals surface area contributed by atoms with Gasteiger partial charge in [0.2, 0.25) is 0 Å². The second kappa shape index (κ2) is 11.8. The van der Waals surface area contributed by atoms with E-state index in [0.717, 1.165) is 27.8 Å². The third-order valence-corrected chi connectivity index (χ3v) is 11.7. The predicted octanol–water partition coefficient (Wildman–Crippen LogP) is 12.9. The molecule has 0 saturated carbocycles. The van der Waals surface area contributed by atoms with Crippen molar-refractivity contribution in [2.75, 3.05) is 0 Å². The topological polar surface area (TPSA) is 38.7 Å². The van der Waals surface area contributed by atoms with Gasteiger partial charge in [-0.25, -0.2) is 15.0 Å². The number of fused-ring (bicyclic) bond motifs is 6. The van der Waals surface area contributed by atoms with E-state index in [-0.39, 0.29) is 0 Å². The van der Waals surface area contributed by atoms with Gasteiger partial charge >= 0.3 is 0 Å². The number of benzene rings is 7. The lowest BCUT2D eigenvalue weighted by atomic mass is 9.96. The highest BCUT2D eigenvalue weighted by Gasteiger charge is 2.19. The molecule has 0 saturated heterocycles. The smallest absolute Gasteiger partial charge is 0.165 e. The molecule has 5 heteroatoms. The average Bonchev–Trinajstić information content (AvgIpc) is 3.76. The Bertz CT molecular complexity index is 2870. The Balaban J connectivity index is 1.17. The van der Waals surface area contributed by atoms with Crippen molar-refractivity contribution in [1.29, 1.82) is 0 Å². The lowest BCUT2D eigenvalue weighted by Crippen LogP contribution is -2.01. The Morgan fingerprint density at radius 2 is 0.820 bits per heavy atom. The maximum Gasteiger partial charge on any atom is 0.165 e. The van der Waals surface area contributed by atoms with Crippen LogP contribution in [0.2, 0.25) is 0 Å². The summed E-state index contributed by atoms with van der Waals surface area (Å²) in [6.45, 7) is 0. The molecule has 3 nitrogen and oxygen atoms in total. The molecule has 3 heterocycles. The second-order valence-electron chi connectivity index (χ2n) is 12.4. The summed E-state index contributed by atoms with van der Waals surface area (Å²) in [7, 11) is 0. The Morgan fingerprint density at radius 3 is 1.62 bits per heavy atom. The summed E-state index contributed by atoms with van der Waals surface area (Å²) < 4.78 is 4.93. The standard InChI is InChI=1S/C45H27N3S2/c1-2-11-28(12-3-1)29-21-23-30(24-22-29)32-13-4-5-16-37(32)44-46-43(31-25-26-35-33-14-6-8-19-39(33)49-41(35)27-31)47-45(48-44)38-18-10-17-36-34-15-7-9-20-40(34)50-42(36)38/h1-27H. The Hall–Kier alpha value is -6.01. The SMILES string of the molecule is c1ccc(-c2ccc(-c3ccccc3-c3nc(-c4ccc5c(c4)sc4ccccc45)nc(-c4cccc5c4sc4ccccc45)n3)cc2)cc1. The highest BCUT2D eigenvalue weighted by atomic mass is 32.1. The Labute approximate surface area is 296 Å². The molecule has 0 aliphatic rings. The zero-order chi connectivity index (χ0) is 33.0. The minimum Gasteiger partial charge on any atom is -0.208 e. The predicted molar refractivity (Wildman–Crippen MR) is 213 cm³/mol. The monoisotopic (exact) mass is 673 g/mol. The molecule has 10 rings (SSSR count). The second-order valence-corrected chi connectivity index (χ2v) is 14.5. The summed E-state index contributed by atoms with van der Waals surface area (Å²) in [6, 6.07) is 57.9. The molecule has 0 N–H and O–H groups in total. The molecule has 3 aromatic heterocycles. The molecular formula is C45H27N3S2. The van der Waals surface area contributed by atoms with Crippen LogP contribution in [-0.2, 0) is 0 Å². The van der Waals surface area contributed by atoms with Crippen LogP contribution in [0.5, 0.6) is 0 Å². The molecule has 0 amide bonds. The summed E-state index contributed by atoms with van der Waals surface area (Å²) in [5, 5.41) is 5.00. The number of aromatic nitrogens is 3. The van der Waals surface area contributed by atoms with Crippen LogP contribution in [0.1, 0.15) is 0 Å². The van der Waals surface area contributed by atoms with Gasteiger partial charge in [0, 0.05) is 57.0 Å². The van der Waals surface area contributed by atoms with E-state index < -0.39 is 0 Å². The van der Waals surface area contributed by atoms with Crippen molar-refractivity contribution in [3.05, 3.63) is 164 Å². The first kappa shape index (κ1) is 29.0. The van der Waals surface area contributed by atoms with E-state index >= 15 is 0 Å². The number of nitrogens with zero attached hydrogens (tertiary/aromatic N) is 3. The summed E-state index contributed by atoms with van der Waals surface area (Å²) in [6.07, 6.45) is 0. The van der Waals surface area contributed by atoms with Gasteiger partial charge in [-0.3, -0.25) is 0 Å². The average molecular weight is 674 g/mol. The quantitative estimate of drug-likeness (QED) is 0.182. The molecule has 0 fully saturated rings. The number of thiophene rings is 2. The third-order valence-electron chi connectivity index (χ3n) is 9.39. The van der Waals surface area contributed by atoms with Crippen LogP contribution in [0.4, 0.5) is 0 Å². The van der Waals surface area contributed by atoms with Gasteiger partial charge in [0.25, 0.3) is 0 Å². The molecular weight excluding hydrogens is 647 g/mol. The molecule has 0 spiro atoms. The van der Waals surface area contributed by atoms with Crippen molar-refractivity contribution in [2.24, 2.45) is 0 Å². The lowest BCUT2D eigenvalue weighted by molar-refractivity contribution is 1.08. The number of hydrogen-bond acceptors (Lipinski definition) is 5. The van der Waals surface area contributed by atoms with E-state index in [1.54, 1.807) is 22.7 Å². The molecule has 0 radical (unpaired) electrons. The van der Waals surface area contributed by atoms with E-state index in [2.05, 4.69) is 158 Å². The zero-order valence-electron chi connectivity index (χ0n) is 26.7. The van der Waals surface area contributed by atoms with Gasteiger partial charge in [0.05, 0.1) is 0 Å². The Kier molecular flexibility index (Phi) is 6.86. The van der Waals surface area contributed by atoms with Crippen LogP contribution in [0.25, 0.3) is 96.8 Å². The van der Waals surface area contributed by atoms with Gasteiger partial charge in [-0.2, -0.15) is 0 Å². The molecule has 0 bridgehead atoms. The van der Waals surface area contributed by atoms with Crippen molar-refractivity contribution in [2.45, 2.75) is 0 Å². The number of rotatable bonds is 5. The normalized spacial score (nSPS) is 11.6. The van der Waals surface area contributed by atoms with Crippen LogP contribution >= 0.6 is 22.7 Å². The fourth-order valence-corrected chi connectivity index (χ4v) is 9.29. The molecule has 234 valence electrons. The van der Waals surface area contributed by atoms with Crippen molar-refractivity contribution >= 4 is 63.0 Å². The maximum absolute atomic E-state index is 5.26.